The second kappa shape index (κ2) is 32.8. The van der Waals surface area contributed by atoms with Crippen LogP contribution in [0.4, 0.5) is 4.39 Å². The normalized spacial score (nSPS) is 13.5. The summed E-state index contributed by atoms with van der Waals surface area (Å²) in [7, 11) is 0. The molecule has 0 saturated heterocycles. The van der Waals surface area contributed by atoms with Crippen LogP contribution in [0.2, 0.25) is 0 Å². The number of cyclic esters (lactones) is 1. The average Bonchev–Trinajstić information content (AvgIpc) is 4.10. The molecule has 2 aliphatic heterocycles. The molecule has 81 heavy (non-hydrogen) atoms. The number of aliphatic hydroxyl groups is 1. The average molecular weight is 1140 g/mol. The first-order chi connectivity index (χ1) is 38.9. The number of halogens is 1. The van der Waals surface area contributed by atoms with Gasteiger partial charge in [0.25, 0.3) is 11.5 Å². The Balaban J connectivity index is 0.000000358. The summed E-state index contributed by atoms with van der Waals surface area (Å²) in [5.74, 6) is -5.39. The highest BCUT2D eigenvalue weighted by molar-refractivity contribution is 7.99. The first kappa shape index (κ1) is 65.4. The van der Waals surface area contributed by atoms with E-state index in [4.69, 9.17) is 15.5 Å². The van der Waals surface area contributed by atoms with Gasteiger partial charge in [-0.15, -0.1) is 11.8 Å². The molecular formula is C57H72FN9O13S. The molecule has 7 rings (SSSR count). The number of aromatic nitrogens is 2. The van der Waals surface area contributed by atoms with Crippen LogP contribution in [0.25, 0.3) is 22.3 Å². The molecule has 8 N–H and O–H groups in total. The fourth-order valence-corrected chi connectivity index (χ4v) is 9.66. The molecule has 0 radical (unpaired) electrons. The van der Waals surface area contributed by atoms with Crippen LogP contribution in [0.15, 0.2) is 59.4 Å². The Bertz CT molecular complexity index is 3060. The lowest BCUT2D eigenvalue weighted by Gasteiger charge is -2.22. The van der Waals surface area contributed by atoms with Crippen LogP contribution in [-0.4, -0.2) is 123 Å². The number of ketones is 1. The van der Waals surface area contributed by atoms with Crippen molar-refractivity contribution >= 4 is 82.2 Å². The van der Waals surface area contributed by atoms with Crippen LogP contribution >= 0.6 is 11.8 Å². The van der Waals surface area contributed by atoms with Crippen LogP contribution in [-0.2, 0) is 85.1 Å². The highest BCUT2D eigenvalue weighted by Gasteiger charge is 2.35. The fraction of sp³-hybridized carbons (Fsp3) is 0.439. The number of nitrogens with one attached hydrogen (secondary N) is 5. The third-order valence-corrected chi connectivity index (χ3v) is 13.7. The summed E-state index contributed by atoms with van der Waals surface area (Å²) >= 11 is 1.06. The van der Waals surface area contributed by atoms with Gasteiger partial charge in [-0.25, -0.2) is 14.2 Å². The van der Waals surface area contributed by atoms with Gasteiger partial charge in [0.15, 0.2) is 11.9 Å². The number of rotatable bonds is 24. The quantitative estimate of drug-likeness (QED) is 0.0117. The number of carbonyl (C=O) groups excluding carboxylic acids is 10. The maximum atomic E-state index is 14.5. The molecule has 4 aromatic rings. The molecule has 4 heterocycles. The maximum absolute atomic E-state index is 14.5. The van der Waals surface area contributed by atoms with Gasteiger partial charge in [0.1, 0.15) is 18.5 Å². The molecule has 1 aliphatic carbocycles. The Morgan fingerprint density at radius 3 is 2.23 bits per heavy atom. The summed E-state index contributed by atoms with van der Waals surface area (Å²) < 4.78 is 21.1. The SMILES string of the molecule is C/C=C\C(=O)N(C=O)CCCCCC(=O)NCC(=O)NCC(=O)NC(Cc1ccccc1)C(=O)NCC(=O)NCSCC(=O)CC(N)=O.CC.CC.Cc1c(F)cc2nc3c(c4c2c1CCC4)Cn1c-3cc2c(c1=O)COC(=O)C2O. The summed E-state index contributed by atoms with van der Waals surface area (Å²) in [5.41, 5.74) is 11.6. The Kier molecular flexibility index (Phi) is 26.5. The topological polar surface area (TPSA) is 324 Å². The lowest BCUT2D eigenvalue weighted by molar-refractivity contribution is -0.157. The summed E-state index contributed by atoms with van der Waals surface area (Å²) in [4.78, 5) is 137. The van der Waals surface area contributed by atoms with Crippen LogP contribution in [0.3, 0.4) is 0 Å². The molecule has 2 aromatic carbocycles. The van der Waals surface area contributed by atoms with Crippen LogP contribution in [0.5, 0.6) is 0 Å². The number of carbonyl (C=O) groups is 10. The van der Waals surface area contributed by atoms with E-state index in [9.17, 15) is 62.2 Å². The van der Waals surface area contributed by atoms with Crippen molar-refractivity contribution in [2.24, 2.45) is 5.73 Å². The number of fused-ring (bicyclic) bond motifs is 5. The number of allylic oxidation sites excluding steroid dienone is 1. The molecule has 8 amide bonds. The predicted molar refractivity (Wildman–Crippen MR) is 301 cm³/mol. The molecule has 2 aromatic heterocycles. The number of thioether (sulfide) groups is 1. The monoisotopic (exact) mass is 1140 g/mol. The molecule has 0 saturated carbocycles. The molecule has 0 fully saturated rings. The number of ether oxygens (including phenoxy) is 1. The van der Waals surface area contributed by atoms with Crippen molar-refractivity contribution in [2.75, 3.05) is 37.8 Å². The van der Waals surface area contributed by atoms with Crippen LogP contribution in [0, 0.1) is 12.7 Å². The fourth-order valence-electron chi connectivity index (χ4n) is 8.97. The first-order valence-electron chi connectivity index (χ1n) is 26.8. The van der Waals surface area contributed by atoms with Gasteiger partial charge in [-0.1, -0.05) is 70.5 Å². The van der Waals surface area contributed by atoms with E-state index in [1.807, 2.05) is 27.7 Å². The Morgan fingerprint density at radius 1 is 0.877 bits per heavy atom. The summed E-state index contributed by atoms with van der Waals surface area (Å²) in [5, 5.41) is 23.6. The number of hydrogen-bond donors (Lipinski definition) is 7. The number of benzene rings is 2. The van der Waals surface area contributed by atoms with Gasteiger partial charge in [-0.05, 0) is 80.3 Å². The minimum Gasteiger partial charge on any atom is -0.458 e. The van der Waals surface area contributed by atoms with Gasteiger partial charge in [0.2, 0.25) is 41.9 Å². The number of nitrogens with two attached hydrogens (primary N) is 1. The molecule has 24 heteroatoms. The number of imide groups is 1. The molecule has 436 valence electrons. The van der Waals surface area contributed by atoms with E-state index < -0.39 is 66.6 Å². The Hall–Kier alpha value is -8.12. The van der Waals surface area contributed by atoms with E-state index in [-0.39, 0.29) is 79.2 Å². The van der Waals surface area contributed by atoms with Crippen molar-refractivity contribution in [1.82, 2.24) is 41.0 Å². The van der Waals surface area contributed by atoms with Gasteiger partial charge in [0.05, 0.1) is 66.7 Å². The van der Waals surface area contributed by atoms with Gasteiger partial charge in [-0.3, -0.25) is 52.8 Å². The van der Waals surface area contributed by atoms with Crippen molar-refractivity contribution < 1.29 is 62.2 Å². The standard InChI is InChI=1S/C31H43N7O9S.C22H17FN2O4.2C2H6/c1-2-9-30(46)38(21-39)13-8-4-7-12-26(42)33-16-27(43)34-18-29(45)37-24(14-22-10-5-3-6-11-22)31(47)35-17-28(44)36-20-48-19-23(40)15-25(32)41;1-9-10-3-2-4-11-13-7-25-17(19(13)24-16(18(10)11)6-15(9)23)5-12-14(21(25)27)8-29-22(28)20(12)26;2*1-2/h2-3,5-6,9-11,21,24H,4,7-8,12-20H2,1H3,(H2,32,41)(H,33,42)(H,34,43)(H,35,47)(H,36,44)(H,37,45);5-6,20,26H,2-4,7-8H2,1H3;2*1-2H3/b9-2-;;;. The number of primary amides is 1. The third kappa shape index (κ3) is 18.5. The number of esters is 1. The number of unbranched alkanes of at least 4 members (excludes halogenated alkanes) is 2. The lowest BCUT2D eigenvalue weighted by Crippen LogP contribution is -2.52. The minimum atomic E-state index is -1.48. The maximum Gasteiger partial charge on any atom is 0.340 e. The van der Waals surface area contributed by atoms with E-state index in [1.165, 1.54) is 18.2 Å². The summed E-state index contributed by atoms with van der Waals surface area (Å²) in [6.45, 7) is 10.7. The zero-order valence-electron chi connectivity index (χ0n) is 46.5. The number of pyridine rings is 2. The summed E-state index contributed by atoms with van der Waals surface area (Å²) in [6, 6.07) is 10.9. The molecule has 2 atom stereocenters. The predicted octanol–water partition coefficient (Wildman–Crippen LogP) is 2.94. The lowest BCUT2D eigenvalue weighted by atomic mass is 9.85. The van der Waals surface area contributed by atoms with E-state index in [2.05, 4.69) is 26.6 Å². The zero-order chi connectivity index (χ0) is 59.8. The largest absolute Gasteiger partial charge is 0.458 e. The van der Waals surface area contributed by atoms with Gasteiger partial charge in [-0.2, -0.15) is 0 Å². The molecule has 2 unspecified atom stereocenters. The third-order valence-electron chi connectivity index (χ3n) is 12.8. The van der Waals surface area contributed by atoms with E-state index in [1.54, 1.807) is 54.8 Å². The second-order valence-electron chi connectivity index (χ2n) is 18.3. The Labute approximate surface area is 473 Å². The number of Topliss-reactive ketones (excluding diaryl/α,β-unsaturated/α-hetero) is 1. The number of nitrogens with zero attached hydrogens (tertiary/aromatic N) is 3. The number of aliphatic hydroxyl groups excluding tert-OH is 1. The van der Waals surface area contributed by atoms with Gasteiger partial charge in [0, 0.05) is 42.0 Å². The zero-order valence-corrected chi connectivity index (χ0v) is 47.3. The minimum absolute atomic E-state index is 0.0183. The highest BCUT2D eigenvalue weighted by atomic mass is 32.2. The number of amides is 8. The second-order valence-corrected chi connectivity index (χ2v) is 19.3. The molecule has 3 aliphatic rings. The number of hydrogen-bond acceptors (Lipinski definition) is 15. The van der Waals surface area contributed by atoms with Crippen molar-refractivity contribution in [3.63, 3.8) is 0 Å². The number of aryl methyl sites for hydroxylation is 2. The molecule has 0 spiro atoms. The van der Waals surface area contributed by atoms with E-state index >= 15 is 0 Å². The van der Waals surface area contributed by atoms with E-state index in [0.717, 1.165) is 63.6 Å². The Morgan fingerprint density at radius 2 is 1.54 bits per heavy atom. The van der Waals surface area contributed by atoms with Gasteiger partial charge < -0.3 is 46.7 Å². The molecule has 22 nitrogen and oxygen atoms in total. The van der Waals surface area contributed by atoms with Crippen molar-refractivity contribution in [1.29, 1.82) is 0 Å². The van der Waals surface area contributed by atoms with Gasteiger partial charge >= 0.3 is 5.97 Å². The highest BCUT2D eigenvalue weighted by Crippen LogP contribution is 2.42. The van der Waals surface area contributed by atoms with E-state index in [0.29, 0.717) is 60.2 Å². The van der Waals surface area contributed by atoms with Crippen molar-refractivity contribution in [3.05, 3.63) is 110 Å². The first-order valence-corrected chi connectivity index (χ1v) is 28.0. The molecule has 0 bridgehead atoms. The van der Waals surface area contributed by atoms with Crippen LogP contribution < -0.4 is 37.9 Å². The smallest absolute Gasteiger partial charge is 0.340 e. The molecular weight excluding hydrogens is 1070 g/mol. The van der Waals surface area contributed by atoms with Crippen LogP contribution in [0.1, 0.15) is 118 Å². The van der Waals surface area contributed by atoms with Crippen molar-refractivity contribution in [2.45, 2.75) is 125 Å². The van der Waals surface area contributed by atoms with Crippen molar-refractivity contribution in [3.8, 4) is 11.4 Å². The summed E-state index contributed by atoms with van der Waals surface area (Å²) in [6.07, 6.45) is 5.81.